The Hall–Kier alpha value is -0.500. The highest BCUT2D eigenvalue weighted by Gasteiger charge is 2.05. The van der Waals surface area contributed by atoms with Crippen LogP contribution in [0.4, 0.5) is 0 Å². The van der Waals surface area contributed by atoms with Crippen molar-refractivity contribution in [3.63, 3.8) is 0 Å². The molecule has 1 saturated heterocycles. The summed E-state index contributed by atoms with van der Waals surface area (Å²) in [6.45, 7) is 10.6. The van der Waals surface area contributed by atoms with Crippen LogP contribution in [-0.4, -0.2) is 31.7 Å². The van der Waals surface area contributed by atoms with Crippen molar-refractivity contribution in [2.45, 2.75) is 20.3 Å². The van der Waals surface area contributed by atoms with E-state index in [0.717, 1.165) is 26.2 Å². The summed E-state index contributed by atoms with van der Waals surface area (Å²) >= 11 is 0. The Labute approximate surface area is 69.8 Å². The van der Waals surface area contributed by atoms with Gasteiger partial charge in [-0.05, 0) is 0 Å². The lowest BCUT2D eigenvalue weighted by Crippen LogP contribution is -2.18. The molecule has 0 aromatic rings. The highest BCUT2D eigenvalue weighted by Crippen LogP contribution is 2.06. The monoisotopic (exact) mass is 157 g/mol. The van der Waals surface area contributed by atoms with Crippen molar-refractivity contribution in [3.8, 4) is 0 Å². The lowest BCUT2D eigenvalue weighted by molar-refractivity contribution is 0.144. The number of likely N-dealkylation sites (N-methyl/N-ethyl adjacent to an activating group) is 1. The van der Waals surface area contributed by atoms with Gasteiger partial charge in [-0.2, -0.15) is 0 Å². The second kappa shape index (κ2) is 6.23. The van der Waals surface area contributed by atoms with E-state index in [1.54, 1.807) is 0 Å². The second-order valence-electron chi connectivity index (χ2n) is 2.35. The third-order valence-corrected chi connectivity index (χ3v) is 1.65. The van der Waals surface area contributed by atoms with Gasteiger partial charge in [0.25, 0.3) is 0 Å². The molecule has 0 aliphatic carbocycles. The summed E-state index contributed by atoms with van der Waals surface area (Å²) in [4.78, 5) is 2.15. The molecule has 0 N–H and O–H groups in total. The van der Waals surface area contributed by atoms with Crippen molar-refractivity contribution in [2.24, 2.45) is 0 Å². The fourth-order valence-electron chi connectivity index (χ4n) is 0.842. The lowest BCUT2D eigenvalue weighted by atomic mass is 10.3. The Morgan fingerprint density at radius 3 is 2.64 bits per heavy atom. The first-order chi connectivity index (χ1) is 5.30. The molecular formula is C9H19NO. The van der Waals surface area contributed by atoms with E-state index in [4.69, 9.17) is 4.74 Å². The Bertz CT molecular complexity index is 112. The largest absolute Gasteiger partial charge is 0.379 e. The summed E-state index contributed by atoms with van der Waals surface area (Å²) < 4.78 is 5.23. The van der Waals surface area contributed by atoms with Crippen LogP contribution in [0.5, 0.6) is 0 Å². The van der Waals surface area contributed by atoms with Gasteiger partial charge >= 0.3 is 0 Å². The quantitative estimate of drug-likeness (QED) is 0.532. The van der Waals surface area contributed by atoms with Crippen molar-refractivity contribution in [2.75, 3.05) is 26.8 Å². The molecule has 0 atom stereocenters. The molecule has 1 rings (SSSR count). The average molecular weight is 157 g/mol. The minimum atomic E-state index is 0.836. The number of hydrogen-bond donors (Lipinski definition) is 0. The summed E-state index contributed by atoms with van der Waals surface area (Å²) in [6.07, 6.45) is 0.983. The van der Waals surface area contributed by atoms with Gasteiger partial charge in [0.2, 0.25) is 0 Å². The average Bonchev–Trinajstić information content (AvgIpc) is 2.22. The van der Waals surface area contributed by atoms with Crippen LogP contribution in [0.2, 0.25) is 0 Å². The topological polar surface area (TPSA) is 12.5 Å². The zero-order chi connectivity index (χ0) is 8.69. The summed E-state index contributed by atoms with van der Waals surface area (Å²) in [7, 11) is 2.05. The molecule has 2 heteroatoms. The van der Waals surface area contributed by atoms with Crippen LogP contribution in [-0.2, 0) is 4.74 Å². The van der Waals surface area contributed by atoms with E-state index in [9.17, 15) is 0 Å². The molecule has 1 aliphatic rings. The molecule has 0 amide bonds. The van der Waals surface area contributed by atoms with Gasteiger partial charge in [0.05, 0.1) is 13.2 Å². The maximum Gasteiger partial charge on any atom is 0.0641 e. The fraction of sp³-hybridized carbons (Fsp3) is 0.778. The first kappa shape index (κ1) is 10.5. The Balaban J connectivity index is 0.000000461. The molecule has 2 nitrogen and oxygen atoms in total. The first-order valence-corrected chi connectivity index (χ1v) is 4.27. The molecule has 66 valence electrons. The minimum Gasteiger partial charge on any atom is -0.379 e. The SMILES string of the molecule is C=C1CCOCCN1C.CC. The maximum absolute atomic E-state index is 5.23. The maximum atomic E-state index is 5.23. The summed E-state index contributed by atoms with van der Waals surface area (Å²) in [6, 6.07) is 0. The third kappa shape index (κ3) is 4.04. The zero-order valence-corrected chi connectivity index (χ0v) is 7.89. The number of nitrogens with zero attached hydrogens (tertiary/aromatic N) is 1. The Morgan fingerprint density at radius 2 is 2.00 bits per heavy atom. The summed E-state index contributed by atoms with van der Waals surface area (Å²) in [5, 5.41) is 0. The van der Waals surface area contributed by atoms with Gasteiger partial charge in [0, 0.05) is 25.7 Å². The molecule has 1 heterocycles. The summed E-state index contributed by atoms with van der Waals surface area (Å²) in [5.74, 6) is 0. The van der Waals surface area contributed by atoms with Crippen molar-refractivity contribution >= 4 is 0 Å². The highest BCUT2D eigenvalue weighted by molar-refractivity contribution is 4.93. The molecular weight excluding hydrogens is 138 g/mol. The Kier molecular flexibility index (Phi) is 5.94. The number of ether oxygens (including phenoxy) is 1. The van der Waals surface area contributed by atoms with Crippen LogP contribution in [0.25, 0.3) is 0 Å². The predicted molar refractivity (Wildman–Crippen MR) is 48.6 cm³/mol. The predicted octanol–water partition coefficient (Wildman–Crippen LogP) is 1.88. The van der Waals surface area contributed by atoms with Crippen LogP contribution >= 0.6 is 0 Å². The smallest absolute Gasteiger partial charge is 0.0641 e. The molecule has 11 heavy (non-hydrogen) atoms. The van der Waals surface area contributed by atoms with E-state index in [-0.39, 0.29) is 0 Å². The molecule has 0 radical (unpaired) electrons. The van der Waals surface area contributed by atoms with Crippen LogP contribution in [0, 0.1) is 0 Å². The van der Waals surface area contributed by atoms with Crippen molar-refractivity contribution in [3.05, 3.63) is 12.3 Å². The highest BCUT2D eigenvalue weighted by atomic mass is 16.5. The van der Waals surface area contributed by atoms with E-state index in [2.05, 4.69) is 18.5 Å². The van der Waals surface area contributed by atoms with Crippen LogP contribution in [0.1, 0.15) is 20.3 Å². The molecule has 1 fully saturated rings. The van der Waals surface area contributed by atoms with Crippen molar-refractivity contribution < 1.29 is 4.74 Å². The third-order valence-electron chi connectivity index (χ3n) is 1.65. The lowest BCUT2D eigenvalue weighted by Gasteiger charge is -2.16. The van der Waals surface area contributed by atoms with Crippen molar-refractivity contribution in [1.29, 1.82) is 0 Å². The normalized spacial score (nSPS) is 18.5. The van der Waals surface area contributed by atoms with E-state index in [1.807, 2.05) is 13.8 Å². The van der Waals surface area contributed by atoms with Crippen molar-refractivity contribution in [1.82, 2.24) is 4.90 Å². The van der Waals surface area contributed by atoms with Gasteiger partial charge in [-0.25, -0.2) is 0 Å². The van der Waals surface area contributed by atoms with Crippen LogP contribution < -0.4 is 0 Å². The summed E-state index contributed by atoms with van der Waals surface area (Å²) in [5.41, 5.74) is 1.19. The van der Waals surface area contributed by atoms with Gasteiger partial charge in [-0.15, -0.1) is 0 Å². The molecule has 0 aromatic carbocycles. The molecule has 0 aromatic heterocycles. The zero-order valence-electron chi connectivity index (χ0n) is 7.89. The van der Waals surface area contributed by atoms with Gasteiger partial charge in [0.15, 0.2) is 0 Å². The first-order valence-electron chi connectivity index (χ1n) is 4.27. The van der Waals surface area contributed by atoms with Gasteiger partial charge in [-0.1, -0.05) is 20.4 Å². The van der Waals surface area contributed by atoms with Crippen LogP contribution in [0.15, 0.2) is 12.3 Å². The fourth-order valence-corrected chi connectivity index (χ4v) is 0.842. The van der Waals surface area contributed by atoms with Gasteiger partial charge in [-0.3, -0.25) is 0 Å². The van der Waals surface area contributed by atoms with E-state index < -0.39 is 0 Å². The molecule has 0 saturated carbocycles. The number of hydrogen-bond acceptors (Lipinski definition) is 2. The van der Waals surface area contributed by atoms with Gasteiger partial charge in [0.1, 0.15) is 0 Å². The van der Waals surface area contributed by atoms with E-state index in [1.165, 1.54) is 5.70 Å². The molecule has 0 spiro atoms. The van der Waals surface area contributed by atoms with E-state index in [0.29, 0.717) is 0 Å². The minimum absolute atomic E-state index is 0.836. The molecule has 1 aliphatic heterocycles. The molecule has 0 unspecified atom stereocenters. The standard InChI is InChI=1S/C7H13NO.C2H6/c1-7-3-5-9-6-4-8(7)2;1-2/h1,3-6H2,2H3;1-2H3. The van der Waals surface area contributed by atoms with E-state index >= 15 is 0 Å². The second-order valence-corrected chi connectivity index (χ2v) is 2.35. The molecule has 0 bridgehead atoms. The van der Waals surface area contributed by atoms with Gasteiger partial charge < -0.3 is 9.64 Å². The number of rotatable bonds is 0. The Morgan fingerprint density at radius 1 is 1.36 bits per heavy atom. The van der Waals surface area contributed by atoms with Crippen LogP contribution in [0.3, 0.4) is 0 Å².